The highest BCUT2D eigenvalue weighted by molar-refractivity contribution is 8.02. The lowest BCUT2D eigenvalue weighted by Gasteiger charge is -2.40. The predicted octanol–water partition coefficient (Wildman–Crippen LogP) is 3.02. The second kappa shape index (κ2) is 11.2. The van der Waals surface area contributed by atoms with Crippen LogP contribution < -0.4 is 0 Å². The van der Waals surface area contributed by atoms with Gasteiger partial charge in [-0.05, 0) is 44.2 Å². The summed E-state index contributed by atoms with van der Waals surface area (Å²) >= 11 is 1.58. The molecule has 3 saturated heterocycles. The van der Waals surface area contributed by atoms with E-state index in [9.17, 15) is 19.5 Å². The number of aliphatic hydroxyl groups excluding tert-OH is 1. The van der Waals surface area contributed by atoms with Crippen molar-refractivity contribution in [1.29, 1.82) is 0 Å². The fraction of sp³-hybridized carbons (Fsp3) is 0.567. The van der Waals surface area contributed by atoms with Crippen LogP contribution >= 0.6 is 11.8 Å². The molecule has 0 aliphatic carbocycles. The summed E-state index contributed by atoms with van der Waals surface area (Å²) in [6.07, 6.45) is 4.97. The van der Waals surface area contributed by atoms with E-state index in [4.69, 9.17) is 4.74 Å². The monoisotopic (exact) mass is 581 g/mol. The molecule has 3 aliphatic heterocycles. The zero-order valence-corrected chi connectivity index (χ0v) is 24.8. The Balaban J connectivity index is 1.58. The number of nitrogens with zero attached hydrogens (tertiary/aromatic N) is 5. The molecule has 2 unspecified atom stereocenters. The molecule has 0 saturated carbocycles. The Morgan fingerprint density at radius 1 is 1.27 bits per heavy atom. The van der Waals surface area contributed by atoms with E-state index >= 15 is 0 Å². The normalized spacial score (nSPS) is 29.1. The van der Waals surface area contributed by atoms with Crippen LogP contribution in [0.1, 0.15) is 40.0 Å². The van der Waals surface area contributed by atoms with Crippen LogP contribution in [0.4, 0.5) is 0 Å². The summed E-state index contributed by atoms with van der Waals surface area (Å²) < 4.78 is 5.81. The number of ether oxygens (including phenoxy) is 1. The summed E-state index contributed by atoms with van der Waals surface area (Å²) in [5, 5.41) is 19.0. The molecule has 10 nitrogen and oxygen atoms in total. The first kappa shape index (κ1) is 29.3. The molecule has 3 aliphatic rings. The lowest BCUT2D eigenvalue weighted by atomic mass is 9.66. The van der Waals surface area contributed by atoms with Gasteiger partial charge >= 0.3 is 5.97 Å². The third kappa shape index (κ3) is 4.76. The van der Waals surface area contributed by atoms with Crippen molar-refractivity contribution in [2.24, 2.45) is 17.8 Å². The minimum Gasteiger partial charge on any atom is -0.461 e. The van der Waals surface area contributed by atoms with Crippen molar-refractivity contribution in [1.82, 2.24) is 24.8 Å². The van der Waals surface area contributed by atoms with Crippen molar-refractivity contribution in [3.8, 4) is 0 Å². The van der Waals surface area contributed by atoms with E-state index in [2.05, 4.69) is 23.5 Å². The lowest BCUT2D eigenvalue weighted by molar-refractivity contribution is -0.155. The summed E-state index contributed by atoms with van der Waals surface area (Å²) in [6, 6.07) is 6.09. The highest BCUT2D eigenvalue weighted by Crippen LogP contribution is 2.71. The molecule has 2 bridgehead atoms. The minimum absolute atomic E-state index is 0.0572. The number of thioether (sulfide) groups is 1. The molecule has 6 atom stereocenters. The molecule has 5 rings (SSSR count). The first-order valence-electron chi connectivity index (χ1n) is 14.2. The maximum atomic E-state index is 14.7. The van der Waals surface area contributed by atoms with Gasteiger partial charge in [-0.2, -0.15) is 0 Å². The predicted molar refractivity (Wildman–Crippen MR) is 156 cm³/mol. The molecular weight excluding hydrogens is 542 g/mol. The zero-order chi connectivity index (χ0) is 29.5. The Morgan fingerprint density at radius 2 is 2.02 bits per heavy atom. The van der Waals surface area contributed by atoms with E-state index in [0.29, 0.717) is 24.8 Å². The molecule has 2 aromatic rings. The van der Waals surface area contributed by atoms with E-state index in [0.717, 1.165) is 5.52 Å². The Morgan fingerprint density at radius 3 is 2.71 bits per heavy atom. The van der Waals surface area contributed by atoms with Gasteiger partial charge in [-0.25, -0.2) is 4.68 Å². The SMILES string of the molecule is C=CCOC(=O)[C@@H]1[C@H]2C(=O)N([C@@H](CO)CC(C)C)C(C(=O)N(CC=C)Cn3nnc4ccccc43)C23CC[C@@]1(C)S3. The summed E-state index contributed by atoms with van der Waals surface area (Å²) in [6.45, 7) is 13.7. The standard InChI is InChI=1S/C30H39N5O5S/c1-6-14-33(18-34-22-11-9-8-10-21(22)31-32-34)27(38)25-30-13-12-29(5,41-30)24(28(39)40-15-7-2)23(30)26(37)35(25)20(17-36)16-19(3)4/h6-11,19-20,23-25,36H,1-2,12-18H2,3-5H3/t20-,23+,24+,25?,29-,30?/m1/s1. The number of aromatic nitrogens is 3. The topological polar surface area (TPSA) is 118 Å². The summed E-state index contributed by atoms with van der Waals surface area (Å²) in [4.78, 5) is 45.8. The highest BCUT2D eigenvalue weighted by atomic mass is 32.2. The van der Waals surface area contributed by atoms with Crippen LogP contribution in [0.5, 0.6) is 0 Å². The Kier molecular flexibility index (Phi) is 8.04. The number of para-hydroxylation sites is 1. The van der Waals surface area contributed by atoms with Gasteiger partial charge in [0.2, 0.25) is 11.8 Å². The van der Waals surface area contributed by atoms with Crippen LogP contribution in [-0.2, 0) is 25.8 Å². The number of rotatable bonds is 12. The number of esters is 1. The molecule has 11 heteroatoms. The number of amides is 2. The van der Waals surface area contributed by atoms with Crippen LogP contribution in [0.25, 0.3) is 11.0 Å². The van der Waals surface area contributed by atoms with Crippen molar-refractivity contribution < 1.29 is 24.2 Å². The number of benzene rings is 1. The van der Waals surface area contributed by atoms with Gasteiger partial charge in [-0.15, -0.1) is 23.4 Å². The Labute approximate surface area is 244 Å². The van der Waals surface area contributed by atoms with Crippen LogP contribution in [0.3, 0.4) is 0 Å². The number of aliphatic hydroxyl groups is 1. The third-order valence-electron chi connectivity index (χ3n) is 8.78. The third-order valence-corrected chi connectivity index (χ3v) is 10.8. The molecule has 41 heavy (non-hydrogen) atoms. The first-order valence-corrected chi connectivity index (χ1v) is 15.0. The quantitative estimate of drug-likeness (QED) is 0.300. The lowest BCUT2D eigenvalue weighted by Crippen LogP contribution is -2.57. The van der Waals surface area contributed by atoms with E-state index in [1.54, 1.807) is 32.3 Å². The van der Waals surface area contributed by atoms with Gasteiger partial charge in [0.25, 0.3) is 0 Å². The molecule has 1 aromatic heterocycles. The number of fused-ring (bicyclic) bond motifs is 2. The number of likely N-dealkylation sites (tertiary alicyclic amines) is 1. The zero-order valence-electron chi connectivity index (χ0n) is 23.9. The number of carbonyl (C=O) groups excluding carboxylic acids is 3. The van der Waals surface area contributed by atoms with Crippen LogP contribution in [0.2, 0.25) is 0 Å². The molecule has 4 heterocycles. The molecule has 1 spiro atoms. The molecule has 220 valence electrons. The number of hydrogen-bond donors (Lipinski definition) is 1. The van der Waals surface area contributed by atoms with Crippen molar-refractivity contribution in [2.75, 3.05) is 19.8 Å². The smallest absolute Gasteiger partial charge is 0.311 e. The summed E-state index contributed by atoms with van der Waals surface area (Å²) in [7, 11) is 0. The van der Waals surface area contributed by atoms with Crippen molar-refractivity contribution in [3.63, 3.8) is 0 Å². The number of carbonyl (C=O) groups is 3. The molecule has 1 aromatic carbocycles. The highest BCUT2D eigenvalue weighted by Gasteiger charge is 2.78. The van der Waals surface area contributed by atoms with Gasteiger partial charge in [0, 0.05) is 11.3 Å². The van der Waals surface area contributed by atoms with E-state index in [-0.39, 0.29) is 44.2 Å². The summed E-state index contributed by atoms with van der Waals surface area (Å²) in [5.74, 6) is -2.19. The van der Waals surface area contributed by atoms with Crippen LogP contribution in [-0.4, -0.2) is 89.0 Å². The average Bonchev–Trinajstić information content (AvgIpc) is 3.65. The molecule has 1 N–H and O–H groups in total. The first-order chi connectivity index (χ1) is 19.6. The Hall–Kier alpha value is -3.18. The van der Waals surface area contributed by atoms with Gasteiger partial charge in [-0.3, -0.25) is 14.4 Å². The van der Waals surface area contributed by atoms with Crippen LogP contribution in [0, 0.1) is 17.8 Å². The molecule has 2 amide bonds. The van der Waals surface area contributed by atoms with Crippen molar-refractivity contribution in [2.45, 2.75) is 68.3 Å². The van der Waals surface area contributed by atoms with Gasteiger partial charge in [-0.1, -0.05) is 49.9 Å². The molecule has 3 fully saturated rings. The van der Waals surface area contributed by atoms with E-state index < -0.39 is 39.4 Å². The van der Waals surface area contributed by atoms with Gasteiger partial charge < -0.3 is 19.6 Å². The van der Waals surface area contributed by atoms with E-state index in [1.165, 1.54) is 6.08 Å². The molecular formula is C30H39N5O5S. The van der Waals surface area contributed by atoms with Gasteiger partial charge in [0.05, 0.1) is 34.7 Å². The van der Waals surface area contributed by atoms with E-state index in [1.807, 2.05) is 45.0 Å². The maximum absolute atomic E-state index is 14.7. The maximum Gasteiger partial charge on any atom is 0.311 e. The van der Waals surface area contributed by atoms with Crippen LogP contribution in [0.15, 0.2) is 49.6 Å². The molecule has 0 radical (unpaired) electrons. The second-order valence-corrected chi connectivity index (χ2v) is 13.8. The Bertz CT molecular complexity index is 1360. The minimum atomic E-state index is -0.866. The largest absolute Gasteiger partial charge is 0.461 e. The summed E-state index contributed by atoms with van der Waals surface area (Å²) in [5.41, 5.74) is 1.50. The van der Waals surface area contributed by atoms with Gasteiger partial charge in [0.15, 0.2) is 0 Å². The van der Waals surface area contributed by atoms with Crippen molar-refractivity contribution in [3.05, 3.63) is 49.6 Å². The van der Waals surface area contributed by atoms with Crippen molar-refractivity contribution >= 4 is 40.6 Å². The fourth-order valence-electron chi connectivity index (χ4n) is 7.17. The second-order valence-electron chi connectivity index (χ2n) is 11.9. The fourth-order valence-corrected chi connectivity index (χ4v) is 9.50. The van der Waals surface area contributed by atoms with Gasteiger partial charge in [0.1, 0.15) is 24.8 Å². The number of hydrogen-bond acceptors (Lipinski definition) is 8. The average molecular weight is 582 g/mol.